The lowest BCUT2D eigenvalue weighted by Gasteiger charge is -2.39. The summed E-state index contributed by atoms with van der Waals surface area (Å²) in [5, 5.41) is 18.8. The number of hydrogen-bond acceptors (Lipinski definition) is 4. The Labute approximate surface area is 126 Å². The monoisotopic (exact) mass is 316 g/mol. The lowest BCUT2D eigenvalue weighted by molar-refractivity contribution is -0.152. The summed E-state index contributed by atoms with van der Waals surface area (Å²) in [4.78, 5) is 35.0. The fraction of sp³-hybridized carbons (Fsp3) is 0.786. The molecule has 6 atom stereocenters. The fourth-order valence-electron chi connectivity index (χ4n) is 4.67. The van der Waals surface area contributed by atoms with E-state index in [1.807, 2.05) is 0 Å². The van der Waals surface area contributed by atoms with Crippen LogP contribution in [0.25, 0.3) is 0 Å². The number of carboxylic acids is 2. The first kappa shape index (κ1) is 16.7. The summed E-state index contributed by atoms with van der Waals surface area (Å²) in [7, 11) is 0. The third kappa shape index (κ3) is 1.86. The van der Waals surface area contributed by atoms with E-state index < -0.39 is 52.7 Å². The van der Waals surface area contributed by atoms with Gasteiger partial charge in [-0.25, -0.2) is 4.39 Å². The third-order valence-corrected chi connectivity index (χ3v) is 5.25. The van der Waals surface area contributed by atoms with Gasteiger partial charge in [0.2, 0.25) is 5.91 Å². The molecule has 7 nitrogen and oxygen atoms in total. The molecule has 124 valence electrons. The SMILES string of the molecule is CC(C)C[C@@](N)(C(N)=O)[C@@]12C(C(=O)O)[C@@H](F)C[C@@H]1[C@@H]2C(=O)O. The normalized spacial score (nSPS) is 39.1. The smallest absolute Gasteiger partial charge is 0.310 e. The van der Waals surface area contributed by atoms with E-state index in [0.29, 0.717) is 0 Å². The standard InChI is InChI=1S/C14H21FN2O5/c1-5(2)4-13(17,12(16)22)14-6(8(14)10(18)19)3-7(15)9(14)11(20)21/h5-9H,3-4,17H2,1-2H3,(H2,16,22)(H,18,19)(H,20,21)/t6-,7+,8-,9?,13-,14+/m1/s1. The van der Waals surface area contributed by atoms with E-state index in [-0.39, 0.29) is 18.8 Å². The van der Waals surface area contributed by atoms with Crippen LogP contribution in [0.1, 0.15) is 26.7 Å². The van der Waals surface area contributed by atoms with Gasteiger partial charge >= 0.3 is 11.9 Å². The molecule has 0 saturated heterocycles. The zero-order valence-electron chi connectivity index (χ0n) is 12.5. The van der Waals surface area contributed by atoms with Crippen molar-refractivity contribution in [3.8, 4) is 0 Å². The van der Waals surface area contributed by atoms with Gasteiger partial charge in [0.25, 0.3) is 0 Å². The summed E-state index contributed by atoms with van der Waals surface area (Å²) in [5.41, 5.74) is 8.07. The molecule has 2 aliphatic carbocycles. The van der Waals surface area contributed by atoms with Crippen LogP contribution in [0.5, 0.6) is 0 Å². The molecule has 0 aromatic heterocycles. The Bertz CT molecular complexity index is 539. The lowest BCUT2D eigenvalue weighted by atomic mass is 9.67. The quantitative estimate of drug-likeness (QED) is 0.542. The van der Waals surface area contributed by atoms with Gasteiger partial charge in [0, 0.05) is 5.41 Å². The molecular weight excluding hydrogens is 295 g/mol. The third-order valence-electron chi connectivity index (χ3n) is 5.25. The van der Waals surface area contributed by atoms with Crippen LogP contribution in [0.15, 0.2) is 0 Å². The highest BCUT2D eigenvalue weighted by Gasteiger charge is 2.86. The van der Waals surface area contributed by atoms with E-state index in [1.165, 1.54) is 0 Å². The van der Waals surface area contributed by atoms with Crippen molar-refractivity contribution in [2.24, 2.45) is 40.6 Å². The molecule has 0 aromatic rings. The molecule has 1 amide bonds. The second kappa shape index (κ2) is 4.91. The van der Waals surface area contributed by atoms with Crippen LogP contribution >= 0.6 is 0 Å². The van der Waals surface area contributed by atoms with E-state index in [4.69, 9.17) is 11.5 Å². The van der Waals surface area contributed by atoms with Crippen LogP contribution in [-0.2, 0) is 14.4 Å². The first-order valence-electron chi connectivity index (χ1n) is 7.20. The van der Waals surface area contributed by atoms with Crippen LogP contribution in [0, 0.1) is 29.1 Å². The highest BCUT2D eigenvalue weighted by Crippen LogP contribution is 2.76. The van der Waals surface area contributed by atoms with Gasteiger partial charge in [0.15, 0.2) is 0 Å². The maximum absolute atomic E-state index is 14.2. The van der Waals surface area contributed by atoms with Crippen molar-refractivity contribution >= 4 is 17.8 Å². The molecule has 2 fully saturated rings. The number of carbonyl (C=O) groups excluding carboxylic acids is 1. The molecule has 8 heteroatoms. The number of carbonyl (C=O) groups is 3. The van der Waals surface area contributed by atoms with Crippen LogP contribution < -0.4 is 11.5 Å². The van der Waals surface area contributed by atoms with Gasteiger partial charge in [-0.15, -0.1) is 0 Å². The lowest BCUT2D eigenvalue weighted by Crippen LogP contribution is -2.63. The Morgan fingerprint density at radius 2 is 1.77 bits per heavy atom. The minimum atomic E-state index is -1.86. The number of alkyl halides is 1. The molecule has 2 aliphatic rings. The molecule has 1 unspecified atom stereocenters. The molecule has 0 aromatic carbocycles. The first-order valence-corrected chi connectivity index (χ1v) is 7.20. The van der Waals surface area contributed by atoms with Gasteiger partial charge in [-0.3, -0.25) is 14.4 Å². The minimum Gasteiger partial charge on any atom is -0.481 e. The molecule has 0 bridgehead atoms. The number of primary amides is 1. The fourth-order valence-corrected chi connectivity index (χ4v) is 4.67. The average Bonchev–Trinajstić information content (AvgIpc) is 2.87. The van der Waals surface area contributed by atoms with Crippen molar-refractivity contribution in [2.75, 3.05) is 0 Å². The molecule has 0 radical (unpaired) electrons. The molecule has 0 heterocycles. The summed E-state index contributed by atoms with van der Waals surface area (Å²) in [6, 6.07) is 0. The summed E-state index contributed by atoms with van der Waals surface area (Å²) in [5.74, 6) is -7.41. The second-order valence-corrected chi connectivity index (χ2v) is 6.86. The van der Waals surface area contributed by atoms with Gasteiger partial charge in [-0.1, -0.05) is 13.8 Å². The number of nitrogens with two attached hydrogens (primary N) is 2. The Morgan fingerprint density at radius 1 is 1.27 bits per heavy atom. The van der Waals surface area contributed by atoms with Crippen LogP contribution in [0.2, 0.25) is 0 Å². The van der Waals surface area contributed by atoms with Crippen molar-refractivity contribution < 1.29 is 29.0 Å². The largest absolute Gasteiger partial charge is 0.481 e. The number of aliphatic carboxylic acids is 2. The van der Waals surface area contributed by atoms with E-state index >= 15 is 0 Å². The van der Waals surface area contributed by atoms with Crippen molar-refractivity contribution in [1.29, 1.82) is 0 Å². The molecule has 0 aliphatic heterocycles. The molecule has 6 N–H and O–H groups in total. The average molecular weight is 316 g/mol. The van der Waals surface area contributed by atoms with Crippen molar-refractivity contribution in [3.05, 3.63) is 0 Å². The highest BCUT2D eigenvalue weighted by molar-refractivity contribution is 5.92. The summed E-state index contributed by atoms with van der Waals surface area (Å²) >= 11 is 0. The maximum Gasteiger partial charge on any atom is 0.310 e. The van der Waals surface area contributed by atoms with Gasteiger partial charge in [0.1, 0.15) is 11.7 Å². The van der Waals surface area contributed by atoms with Crippen molar-refractivity contribution in [1.82, 2.24) is 0 Å². The van der Waals surface area contributed by atoms with Gasteiger partial charge < -0.3 is 21.7 Å². The zero-order chi connectivity index (χ0) is 17.0. The molecule has 22 heavy (non-hydrogen) atoms. The van der Waals surface area contributed by atoms with E-state index in [2.05, 4.69) is 0 Å². The Hall–Kier alpha value is -1.70. The van der Waals surface area contributed by atoms with E-state index in [1.54, 1.807) is 13.8 Å². The van der Waals surface area contributed by atoms with Crippen LogP contribution in [0.4, 0.5) is 4.39 Å². The summed E-state index contributed by atoms with van der Waals surface area (Å²) in [6.45, 7) is 3.51. The number of amides is 1. The predicted octanol–water partition coefficient (Wildman–Crippen LogP) is -0.0251. The number of carboxylic acid groups (broad SMARTS) is 2. The van der Waals surface area contributed by atoms with Gasteiger partial charge in [-0.05, 0) is 24.7 Å². The Balaban J connectivity index is 2.60. The molecule has 2 rings (SSSR count). The molecule has 2 saturated carbocycles. The summed E-state index contributed by atoms with van der Waals surface area (Å²) in [6.07, 6.45) is -1.94. The predicted molar refractivity (Wildman–Crippen MR) is 73.3 cm³/mol. The summed E-state index contributed by atoms with van der Waals surface area (Å²) < 4.78 is 14.2. The topological polar surface area (TPSA) is 144 Å². The number of fused-ring (bicyclic) bond motifs is 1. The molecule has 0 spiro atoms. The van der Waals surface area contributed by atoms with Crippen molar-refractivity contribution in [2.45, 2.75) is 38.4 Å². The van der Waals surface area contributed by atoms with E-state index in [0.717, 1.165) is 0 Å². The maximum atomic E-state index is 14.2. The van der Waals surface area contributed by atoms with Gasteiger partial charge in [-0.2, -0.15) is 0 Å². The number of rotatable bonds is 6. The second-order valence-electron chi connectivity index (χ2n) is 6.86. The first-order chi connectivity index (χ1) is 10.0. The van der Waals surface area contributed by atoms with Crippen LogP contribution in [-0.4, -0.2) is 39.8 Å². The zero-order valence-corrected chi connectivity index (χ0v) is 12.5. The number of halogens is 1. The highest BCUT2D eigenvalue weighted by atomic mass is 19.1. The van der Waals surface area contributed by atoms with Crippen LogP contribution in [0.3, 0.4) is 0 Å². The molecular formula is C14H21FN2O5. The Kier molecular flexibility index (Phi) is 3.72. The number of hydrogen-bond donors (Lipinski definition) is 4. The van der Waals surface area contributed by atoms with E-state index in [9.17, 15) is 29.0 Å². The Morgan fingerprint density at radius 3 is 2.14 bits per heavy atom. The minimum absolute atomic E-state index is 0.0130. The van der Waals surface area contributed by atoms with Gasteiger partial charge in [0.05, 0.1) is 11.8 Å². The van der Waals surface area contributed by atoms with Crippen molar-refractivity contribution in [3.63, 3.8) is 0 Å².